The van der Waals surface area contributed by atoms with E-state index < -0.39 is 0 Å². The number of fused-ring (bicyclic) bond motifs is 4. The van der Waals surface area contributed by atoms with Crippen molar-refractivity contribution in [2.75, 3.05) is 6.61 Å². The Balaban J connectivity index is 1.80. The first kappa shape index (κ1) is 17.3. The summed E-state index contributed by atoms with van der Waals surface area (Å²) in [6, 6.07) is 7.76. The van der Waals surface area contributed by atoms with E-state index >= 15 is 0 Å². The highest BCUT2D eigenvalue weighted by Gasteiger charge is 2.23. The molecule has 1 aliphatic rings. The van der Waals surface area contributed by atoms with Crippen molar-refractivity contribution in [3.8, 4) is 0 Å². The summed E-state index contributed by atoms with van der Waals surface area (Å²) in [7, 11) is 0. The van der Waals surface area contributed by atoms with Gasteiger partial charge in [0.15, 0.2) is 11.3 Å². The number of hydrogen-bond acceptors (Lipinski definition) is 5. The molecule has 144 valence electrons. The highest BCUT2D eigenvalue weighted by molar-refractivity contribution is 6.04. The molecule has 1 fully saturated rings. The van der Waals surface area contributed by atoms with Gasteiger partial charge >= 0.3 is 0 Å². The maximum absolute atomic E-state index is 13.2. The van der Waals surface area contributed by atoms with Crippen LogP contribution in [-0.2, 0) is 17.8 Å². The van der Waals surface area contributed by atoms with Crippen LogP contribution < -0.4 is 5.56 Å². The van der Waals surface area contributed by atoms with Crippen LogP contribution in [0.2, 0.25) is 0 Å². The molecule has 1 atom stereocenters. The second-order valence-electron chi connectivity index (χ2n) is 7.43. The molecule has 0 saturated carbocycles. The molecule has 1 aliphatic heterocycles. The fourth-order valence-corrected chi connectivity index (χ4v) is 3.99. The molecular weight excluding hydrogens is 354 g/mol. The van der Waals surface area contributed by atoms with Crippen LogP contribution in [-0.4, -0.2) is 36.8 Å². The smallest absolute Gasteiger partial charge is 0.265 e. The summed E-state index contributed by atoms with van der Waals surface area (Å²) >= 11 is 0. The first-order valence-corrected chi connectivity index (χ1v) is 10.0. The van der Waals surface area contributed by atoms with E-state index in [0.717, 1.165) is 43.3 Å². The van der Waals surface area contributed by atoms with Gasteiger partial charge in [0.05, 0.1) is 30.0 Å². The van der Waals surface area contributed by atoms with Crippen molar-refractivity contribution < 1.29 is 4.74 Å². The lowest BCUT2D eigenvalue weighted by Crippen LogP contribution is -2.21. The van der Waals surface area contributed by atoms with Crippen molar-refractivity contribution in [2.45, 2.75) is 51.8 Å². The van der Waals surface area contributed by atoms with E-state index in [1.165, 1.54) is 0 Å². The SMILES string of the molecule is CCCCn1cnc2c(c1=O)c1nc3ccccc3nc1n2C[C@@H]1CCCO1. The minimum Gasteiger partial charge on any atom is -0.376 e. The molecule has 5 rings (SSSR count). The number of aryl methyl sites for hydroxylation is 1. The van der Waals surface area contributed by atoms with Gasteiger partial charge in [-0.15, -0.1) is 0 Å². The van der Waals surface area contributed by atoms with E-state index in [4.69, 9.17) is 14.7 Å². The molecule has 4 heterocycles. The molecule has 0 aliphatic carbocycles. The lowest BCUT2D eigenvalue weighted by Gasteiger charge is -2.12. The van der Waals surface area contributed by atoms with Crippen LogP contribution in [0.3, 0.4) is 0 Å². The van der Waals surface area contributed by atoms with Crippen LogP contribution >= 0.6 is 0 Å². The Morgan fingerprint density at radius 3 is 2.75 bits per heavy atom. The summed E-state index contributed by atoms with van der Waals surface area (Å²) < 4.78 is 9.55. The van der Waals surface area contributed by atoms with E-state index in [2.05, 4.69) is 11.9 Å². The van der Waals surface area contributed by atoms with Gasteiger partial charge in [-0.1, -0.05) is 25.5 Å². The van der Waals surface area contributed by atoms with E-state index in [1.807, 2.05) is 28.8 Å². The molecule has 4 aromatic rings. The fourth-order valence-electron chi connectivity index (χ4n) is 3.99. The molecule has 3 aromatic heterocycles. The molecule has 0 spiro atoms. The van der Waals surface area contributed by atoms with Gasteiger partial charge in [-0.2, -0.15) is 0 Å². The van der Waals surface area contributed by atoms with Crippen molar-refractivity contribution in [1.82, 2.24) is 24.1 Å². The molecule has 0 bridgehead atoms. The number of aromatic nitrogens is 5. The third-order valence-electron chi connectivity index (χ3n) is 5.48. The standard InChI is InChI=1S/C21H23N5O2/c1-2-3-10-25-13-22-19-17(21(25)27)18-20(26(19)12-14-7-6-11-28-14)24-16-9-5-4-8-15(16)23-18/h4-5,8-9,13-14H,2-3,6-7,10-12H2,1H3/t14-/m0/s1. The first-order chi connectivity index (χ1) is 13.8. The molecule has 1 saturated heterocycles. The molecule has 0 radical (unpaired) electrons. The summed E-state index contributed by atoms with van der Waals surface area (Å²) in [6.45, 7) is 4.20. The minimum atomic E-state index is -0.0425. The Labute approximate surface area is 162 Å². The van der Waals surface area contributed by atoms with Crippen molar-refractivity contribution >= 4 is 33.2 Å². The highest BCUT2D eigenvalue weighted by atomic mass is 16.5. The van der Waals surface area contributed by atoms with Crippen LogP contribution in [0.5, 0.6) is 0 Å². The number of nitrogens with zero attached hydrogens (tertiary/aromatic N) is 5. The zero-order valence-corrected chi connectivity index (χ0v) is 16.0. The molecule has 0 unspecified atom stereocenters. The van der Waals surface area contributed by atoms with Crippen LogP contribution in [0.1, 0.15) is 32.6 Å². The Kier molecular flexibility index (Phi) is 4.31. The average Bonchev–Trinajstić information content (AvgIpc) is 3.33. The van der Waals surface area contributed by atoms with Gasteiger partial charge in [-0.3, -0.25) is 9.36 Å². The maximum Gasteiger partial charge on any atom is 0.265 e. The Hall–Kier alpha value is -2.80. The van der Waals surface area contributed by atoms with Crippen LogP contribution in [0.15, 0.2) is 35.4 Å². The summed E-state index contributed by atoms with van der Waals surface area (Å²) in [4.78, 5) is 27.6. The predicted molar refractivity (Wildman–Crippen MR) is 108 cm³/mol. The number of para-hydroxylation sites is 2. The number of unbranched alkanes of at least 4 members (excludes halogenated alkanes) is 1. The topological polar surface area (TPSA) is 74.8 Å². The number of benzene rings is 1. The minimum absolute atomic E-state index is 0.0425. The van der Waals surface area contributed by atoms with Gasteiger partial charge in [-0.25, -0.2) is 15.0 Å². The van der Waals surface area contributed by atoms with E-state index in [0.29, 0.717) is 35.3 Å². The normalized spacial score (nSPS) is 17.2. The van der Waals surface area contributed by atoms with Crippen molar-refractivity contribution in [1.29, 1.82) is 0 Å². The number of rotatable bonds is 5. The Bertz CT molecular complexity index is 1220. The quantitative estimate of drug-likeness (QED) is 0.534. The van der Waals surface area contributed by atoms with E-state index in [1.54, 1.807) is 10.9 Å². The average molecular weight is 377 g/mol. The molecular formula is C21H23N5O2. The summed E-state index contributed by atoms with van der Waals surface area (Å²) in [5, 5.41) is 0.560. The van der Waals surface area contributed by atoms with Gasteiger partial charge in [0.1, 0.15) is 10.9 Å². The van der Waals surface area contributed by atoms with E-state index in [-0.39, 0.29) is 11.7 Å². The fraction of sp³-hybridized carbons (Fsp3) is 0.429. The van der Waals surface area contributed by atoms with Gasteiger partial charge in [0.25, 0.3) is 5.56 Å². The molecule has 0 N–H and O–H groups in total. The second kappa shape index (κ2) is 6.98. The third-order valence-corrected chi connectivity index (χ3v) is 5.48. The Morgan fingerprint density at radius 2 is 2.00 bits per heavy atom. The van der Waals surface area contributed by atoms with Gasteiger partial charge in [-0.05, 0) is 31.4 Å². The predicted octanol–water partition coefficient (Wildman–Crippen LogP) is 3.27. The van der Waals surface area contributed by atoms with Crippen molar-refractivity contribution in [2.24, 2.45) is 0 Å². The van der Waals surface area contributed by atoms with Crippen LogP contribution in [0.4, 0.5) is 0 Å². The van der Waals surface area contributed by atoms with Crippen molar-refractivity contribution in [3.63, 3.8) is 0 Å². The molecule has 28 heavy (non-hydrogen) atoms. The molecule has 7 heteroatoms. The van der Waals surface area contributed by atoms with Crippen LogP contribution in [0.25, 0.3) is 33.2 Å². The largest absolute Gasteiger partial charge is 0.376 e. The monoisotopic (exact) mass is 377 g/mol. The van der Waals surface area contributed by atoms with Gasteiger partial charge in [0, 0.05) is 13.2 Å². The van der Waals surface area contributed by atoms with E-state index in [9.17, 15) is 4.79 Å². The zero-order valence-electron chi connectivity index (χ0n) is 16.0. The van der Waals surface area contributed by atoms with Gasteiger partial charge in [0.2, 0.25) is 0 Å². The summed E-state index contributed by atoms with van der Waals surface area (Å²) in [5.74, 6) is 0. The molecule has 0 amide bonds. The molecule has 7 nitrogen and oxygen atoms in total. The van der Waals surface area contributed by atoms with Crippen LogP contribution in [0, 0.1) is 0 Å². The summed E-state index contributed by atoms with van der Waals surface area (Å²) in [5.41, 5.74) is 3.56. The molecule has 1 aromatic carbocycles. The zero-order chi connectivity index (χ0) is 19.1. The third kappa shape index (κ3) is 2.77. The highest BCUT2D eigenvalue weighted by Crippen LogP contribution is 2.26. The number of ether oxygens (including phenoxy) is 1. The number of hydrogen-bond donors (Lipinski definition) is 0. The van der Waals surface area contributed by atoms with Crippen molar-refractivity contribution in [3.05, 3.63) is 40.9 Å². The second-order valence-corrected chi connectivity index (χ2v) is 7.43. The van der Waals surface area contributed by atoms with Gasteiger partial charge < -0.3 is 9.30 Å². The lowest BCUT2D eigenvalue weighted by atomic mass is 10.2. The maximum atomic E-state index is 13.2. The Morgan fingerprint density at radius 1 is 1.18 bits per heavy atom. The lowest BCUT2D eigenvalue weighted by molar-refractivity contribution is 0.0987. The summed E-state index contributed by atoms with van der Waals surface area (Å²) in [6.07, 6.45) is 5.82. The first-order valence-electron chi connectivity index (χ1n) is 10.0.